The number of thiocarbonyl (C=S) groups is 2. The molecule has 0 amide bonds. The Balaban J connectivity index is 1.65. The van der Waals surface area contributed by atoms with E-state index >= 15 is 0 Å². The molecule has 0 unspecified atom stereocenters. The molecular weight excluding hydrogens is 312 g/mol. The monoisotopic (exact) mass is 342 g/mol. The van der Waals surface area contributed by atoms with E-state index in [0.29, 0.717) is 28.2 Å². The SMILES string of the molecule is C[C@@H]1[C@H](C)CCC[C@@H]1NC(=S)NNC(=S)NC1CCCCC1. The quantitative estimate of drug-likeness (QED) is 0.457. The van der Waals surface area contributed by atoms with Crippen LogP contribution in [0.4, 0.5) is 0 Å². The van der Waals surface area contributed by atoms with E-state index in [0.717, 1.165) is 5.92 Å². The summed E-state index contributed by atoms with van der Waals surface area (Å²) in [6.45, 7) is 4.64. The minimum Gasteiger partial charge on any atom is -0.359 e. The van der Waals surface area contributed by atoms with Gasteiger partial charge in [-0.2, -0.15) is 0 Å². The van der Waals surface area contributed by atoms with Gasteiger partial charge in [0.2, 0.25) is 0 Å². The molecule has 0 aromatic heterocycles. The van der Waals surface area contributed by atoms with Crippen molar-refractivity contribution >= 4 is 34.7 Å². The van der Waals surface area contributed by atoms with Crippen LogP contribution in [0.3, 0.4) is 0 Å². The molecule has 0 aromatic carbocycles. The van der Waals surface area contributed by atoms with Crippen molar-refractivity contribution in [3.8, 4) is 0 Å². The third-order valence-electron chi connectivity index (χ3n) is 5.25. The van der Waals surface area contributed by atoms with Gasteiger partial charge in [0, 0.05) is 12.1 Å². The normalized spacial score (nSPS) is 29.5. The molecule has 2 fully saturated rings. The number of rotatable bonds is 2. The molecule has 2 aliphatic rings. The molecular formula is C16H30N4S2. The number of hydrogen-bond donors (Lipinski definition) is 4. The summed E-state index contributed by atoms with van der Waals surface area (Å²) in [5.74, 6) is 1.41. The topological polar surface area (TPSA) is 48.1 Å². The first-order chi connectivity index (χ1) is 10.6. The minimum absolute atomic E-state index is 0.463. The van der Waals surface area contributed by atoms with Crippen molar-refractivity contribution in [2.24, 2.45) is 11.8 Å². The van der Waals surface area contributed by atoms with Crippen molar-refractivity contribution < 1.29 is 0 Å². The van der Waals surface area contributed by atoms with E-state index in [1.807, 2.05) is 0 Å². The molecule has 0 aliphatic heterocycles. The first kappa shape index (κ1) is 17.7. The van der Waals surface area contributed by atoms with Gasteiger partial charge >= 0.3 is 0 Å². The molecule has 3 atom stereocenters. The second-order valence-corrected chi connectivity index (χ2v) is 7.72. The molecule has 22 heavy (non-hydrogen) atoms. The summed E-state index contributed by atoms with van der Waals surface area (Å²) in [4.78, 5) is 0. The maximum atomic E-state index is 5.38. The van der Waals surface area contributed by atoms with Gasteiger partial charge in [0.1, 0.15) is 0 Å². The molecule has 0 saturated heterocycles. The first-order valence-electron chi connectivity index (χ1n) is 8.69. The molecule has 126 valence electrons. The maximum Gasteiger partial charge on any atom is 0.185 e. The Morgan fingerprint density at radius 1 is 0.773 bits per heavy atom. The predicted molar refractivity (Wildman–Crippen MR) is 101 cm³/mol. The van der Waals surface area contributed by atoms with Crippen LogP contribution >= 0.6 is 24.4 Å². The van der Waals surface area contributed by atoms with Crippen molar-refractivity contribution in [2.45, 2.75) is 77.3 Å². The van der Waals surface area contributed by atoms with Crippen molar-refractivity contribution in [2.75, 3.05) is 0 Å². The summed E-state index contributed by atoms with van der Waals surface area (Å²) in [5, 5.41) is 8.07. The van der Waals surface area contributed by atoms with E-state index in [2.05, 4.69) is 35.3 Å². The molecule has 0 aromatic rings. The van der Waals surface area contributed by atoms with Gasteiger partial charge in [0.25, 0.3) is 0 Å². The van der Waals surface area contributed by atoms with Crippen molar-refractivity contribution in [3.05, 3.63) is 0 Å². The maximum absolute atomic E-state index is 5.38. The van der Waals surface area contributed by atoms with E-state index in [-0.39, 0.29) is 0 Å². The second kappa shape index (κ2) is 8.87. The lowest BCUT2D eigenvalue weighted by Crippen LogP contribution is -2.55. The fourth-order valence-corrected chi connectivity index (χ4v) is 3.99. The molecule has 4 nitrogen and oxygen atoms in total. The minimum atomic E-state index is 0.463. The highest BCUT2D eigenvalue weighted by atomic mass is 32.1. The Labute approximate surface area is 145 Å². The van der Waals surface area contributed by atoms with Gasteiger partial charge in [-0.25, -0.2) is 0 Å². The fraction of sp³-hybridized carbons (Fsp3) is 0.875. The molecule has 2 saturated carbocycles. The van der Waals surface area contributed by atoms with E-state index in [9.17, 15) is 0 Å². The molecule has 0 heterocycles. The van der Waals surface area contributed by atoms with Crippen LogP contribution in [-0.2, 0) is 0 Å². The van der Waals surface area contributed by atoms with Gasteiger partial charge in [-0.15, -0.1) is 0 Å². The van der Waals surface area contributed by atoms with Crippen molar-refractivity contribution in [1.82, 2.24) is 21.5 Å². The molecule has 2 rings (SSSR count). The summed E-state index contributed by atoms with van der Waals surface area (Å²) >= 11 is 10.7. The van der Waals surface area contributed by atoms with Gasteiger partial charge in [-0.3, -0.25) is 10.9 Å². The Hall–Kier alpha value is -0.620. The summed E-state index contributed by atoms with van der Waals surface area (Å²) in [6.07, 6.45) is 10.2. The average Bonchev–Trinajstić information content (AvgIpc) is 2.51. The van der Waals surface area contributed by atoms with E-state index < -0.39 is 0 Å². The molecule has 0 spiro atoms. The lowest BCUT2D eigenvalue weighted by molar-refractivity contribution is 0.224. The van der Waals surface area contributed by atoms with Crippen LogP contribution in [0.1, 0.15) is 65.2 Å². The van der Waals surface area contributed by atoms with Crippen LogP contribution < -0.4 is 21.5 Å². The summed E-state index contributed by atoms with van der Waals surface area (Å²) in [5.41, 5.74) is 6.03. The zero-order valence-electron chi connectivity index (χ0n) is 13.8. The average molecular weight is 343 g/mol. The highest BCUT2D eigenvalue weighted by Crippen LogP contribution is 2.29. The Morgan fingerprint density at radius 3 is 2.09 bits per heavy atom. The predicted octanol–water partition coefficient (Wildman–Crippen LogP) is 2.99. The molecule has 0 bridgehead atoms. The van der Waals surface area contributed by atoms with Crippen molar-refractivity contribution in [1.29, 1.82) is 0 Å². The lowest BCUT2D eigenvalue weighted by Gasteiger charge is -2.35. The first-order valence-corrected chi connectivity index (χ1v) is 9.51. The van der Waals surface area contributed by atoms with Crippen LogP contribution in [0.25, 0.3) is 0 Å². The summed E-state index contributed by atoms with van der Waals surface area (Å²) in [7, 11) is 0. The lowest BCUT2D eigenvalue weighted by atomic mass is 9.78. The van der Waals surface area contributed by atoms with Crippen LogP contribution in [0.15, 0.2) is 0 Å². The zero-order chi connectivity index (χ0) is 15.9. The number of hydrazine groups is 1. The van der Waals surface area contributed by atoms with E-state index in [4.69, 9.17) is 24.4 Å². The standard InChI is InChI=1S/C16H30N4S2/c1-11-7-6-10-14(12(11)2)18-16(22)20-19-15(21)17-13-8-4-3-5-9-13/h11-14H,3-10H2,1-2H3,(H2,17,19,21)(H2,18,20,22)/t11-,12-,14+/m1/s1. The van der Waals surface area contributed by atoms with Crippen LogP contribution in [-0.4, -0.2) is 22.3 Å². The Bertz CT molecular complexity index is 382. The molecule has 6 heteroatoms. The summed E-state index contributed by atoms with van der Waals surface area (Å²) in [6, 6.07) is 0.974. The van der Waals surface area contributed by atoms with Gasteiger partial charge in [-0.05, 0) is 55.5 Å². The second-order valence-electron chi connectivity index (χ2n) is 6.91. The molecule has 0 radical (unpaired) electrons. The highest BCUT2D eigenvalue weighted by Gasteiger charge is 2.27. The molecule has 4 N–H and O–H groups in total. The number of nitrogens with one attached hydrogen (secondary N) is 4. The van der Waals surface area contributed by atoms with Crippen LogP contribution in [0.5, 0.6) is 0 Å². The summed E-state index contributed by atoms with van der Waals surface area (Å²) < 4.78 is 0. The largest absolute Gasteiger partial charge is 0.359 e. The third-order valence-corrected chi connectivity index (χ3v) is 5.69. The fourth-order valence-electron chi connectivity index (χ4n) is 3.57. The van der Waals surface area contributed by atoms with E-state index in [1.165, 1.54) is 51.4 Å². The van der Waals surface area contributed by atoms with Gasteiger partial charge in [0.15, 0.2) is 10.2 Å². The number of hydrogen-bond acceptors (Lipinski definition) is 2. The van der Waals surface area contributed by atoms with E-state index in [1.54, 1.807) is 0 Å². The van der Waals surface area contributed by atoms with Crippen LogP contribution in [0, 0.1) is 11.8 Å². The third kappa shape index (κ3) is 5.54. The Kier molecular flexibility index (Phi) is 7.15. The Morgan fingerprint density at radius 2 is 1.41 bits per heavy atom. The van der Waals surface area contributed by atoms with Crippen LogP contribution in [0.2, 0.25) is 0 Å². The van der Waals surface area contributed by atoms with Gasteiger partial charge in [-0.1, -0.05) is 46.0 Å². The molecule has 2 aliphatic carbocycles. The van der Waals surface area contributed by atoms with Gasteiger partial charge < -0.3 is 10.6 Å². The smallest absolute Gasteiger partial charge is 0.185 e. The zero-order valence-corrected chi connectivity index (χ0v) is 15.4. The van der Waals surface area contributed by atoms with Gasteiger partial charge in [0.05, 0.1) is 0 Å². The van der Waals surface area contributed by atoms with Crippen molar-refractivity contribution in [3.63, 3.8) is 0 Å². The highest BCUT2D eigenvalue weighted by molar-refractivity contribution is 7.80.